The topological polar surface area (TPSA) is 6.48 Å². The van der Waals surface area contributed by atoms with E-state index < -0.39 is 0 Å². The fraction of sp³-hybridized carbons (Fsp3) is 0.400. The second-order valence-electron chi connectivity index (χ2n) is 2.83. The quantitative estimate of drug-likeness (QED) is 0.630. The van der Waals surface area contributed by atoms with Crippen LogP contribution in [0.1, 0.15) is 6.92 Å². The smallest absolute Gasteiger partial charge is 0.0518 e. The Morgan fingerprint density at radius 2 is 1.67 bits per heavy atom. The molecule has 1 aromatic carbocycles. The summed E-state index contributed by atoms with van der Waals surface area (Å²) in [6.45, 7) is 3.16. The predicted octanol–water partition coefficient (Wildman–Crippen LogP) is 1.99. The molecule has 0 bridgehead atoms. The van der Waals surface area contributed by atoms with E-state index in [1.165, 1.54) is 5.69 Å². The Balaban J connectivity index is 2.71. The largest absolute Gasteiger partial charge is 0.309 e. The molecule has 0 unspecified atom stereocenters. The van der Waals surface area contributed by atoms with Crippen LogP contribution < -0.4 is 5.01 Å². The highest BCUT2D eigenvalue weighted by Crippen LogP contribution is 2.11. The van der Waals surface area contributed by atoms with Gasteiger partial charge in [-0.1, -0.05) is 25.1 Å². The van der Waals surface area contributed by atoms with Gasteiger partial charge in [0.2, 0.25) is 0 Å². The van der Waals surface area contributed by atoms with Crippen molar-refractivity contribution in [2.45, 2.75) is 6.92 Å². The molecule has 1 rings (SSSR count). The molecule has 0 fully saturated rings. The summed E-state index contributed by atoms with van der Waals surface area (Å²) in [7, 11) is 4.14. The van der Waals surface area contributed by atoms with Crippen molar-refractivity contribution < 1.29 is 0 Å². The molecule has 0 aliphatic rings. The van der Waals surface area contributed by atoms with E-state index in [-0.39, 0.29) is 0 Å². The third kappa shape index (κ3) is 1.98. The highest BCUT2D eigenvalue weighted by molar-refractivity contribution is 5.43. The Hall–Kier alpha value is -1.02. The summed E-state index contributed by atoms with van der Waals surface area (Å²) in [5, 5.41) is 4.30. The van der Waals surface area contributed by atoms with Crippen molar-refractivity contribution in [3.63, 3.8) is 0 Å². The van der Waals surface area contributed by atoms with E-state index in [1.807, 2.05) is 6.07 Å². The van der Waals surface area contributed by atoms with E-state index in [9.17, 15) is 0 Å². The van der Waals surface area contributed by atoms with Crippen molar-refractivity contribution in [2.75, 3.05) is 25.6 Å². The minimum atomic E-state index is 1.02. The molecule has 66 valence electrons. The van der Waals surface area contributed by atoms with Crippen LogP contribution in [0, 0.1) is 0 Å². The third-order valence-corrected chi connectivity index (χ3v) is 2.10. The molecule has 0 saturated carbocycles. The minimum Gasteiger partial charge on any atom is -0.309 e. The van der Waals surface area contributed by atoms with Gasteiger partial charge in [-0.3, -0.25) is 0 Å². The number of rotatable bonds is 3. The lowest BCUT2D eigenvalue weighted by Gasteiger charge is -2.28. The molecule has 0 spiro atoms. The molecule has 0 heterocycles. The number of para-hydroxylation sites is 1. The van der Waals surface area contributed by atoms with E-state index in [0.29, 0.717) is 0 Å². The fourth-order valence-electron chi connectivity index (χ4n) is 1.05. The molecule has 0 aliphatic heterocycles. The van der Waals surface area contributed by atoms with Crippen molar-refractivity contribution in [2.24, 2.45) is 0 Å². The average Bonchev–Trinajstić information content (AvgIpc) is 2.17. The van der Waals surface area contributed by atoms with Gasteiger partial charge in [0.15, 0.2) is 0 Å². The molecule has 0 saturated heterocycles. The minimum absolute atomic E-state index is 1.02. The molecule has 0 atom stereocenters. The lowest BCUT2D eigenvalue weighted by atomic mass is 10.3. The second kappa shape index (κ2) is 4.12. The van der Waals surface area contributed by atoms with E-state index in [0.717, 1.165) is 6.54 Å². The van der Waals surface area contributed by atoms with Crippen molar-refractivity contribution in [3.8, 4) is 0 Å². The molecule has 2 heteroatoms. The van der Waals surface area contributed by atoms with Gasteiger partial charge in [0.05, 0.1) is 5.69 Å². The normalized spacial score (nSPS) is 10.3. The van der Waals surface area contributed by atoms with Crippen LogP contribution in [0.25, 0.3) is 0 Å². The van der Waals surface area contributed by atoms with Gasteiger partial charge in [-0.2, -0.15) is 0 Å². The standard InChI is InChI=1S/C10H16N2/c1-4-11(2)12(3)10-8-6-5-7-9-10/h5-9H,4H2,1-3H3. The molecule has 0 amide bonds. The Morgan fingerprint density at radius 3 is 2.17 bits per heavy atom. The van der Waals surface area contributed by atoms with Crippen LogP contribution in [-0.2, 0) is 0 Å². The summed E-state index contributed by atoms with van der Waals surface area (Å²) >= 11 is 0. The first-order chi connectivity index (χ1) is 5.75. The third-order valence-electron chi connectivity index (χ3n) is 2.10. The maximum absolute atomic E-state index is 2.16. The number of anilines is 1. The molecule has 2 nitrogen and oxygen atoms in total. The number of hydrazine groups is 1. The number of benzene rings is 1. The summed E-state index contributed by atoms with van der Waals surface area (Å²) in [4.78, 5) is 0. The Labute approximate surface area is 74.4 Å². The van der Waals surface area contributed by atoms with E-state index in [1.54, 1.807) is 0 Å². The average molecular weight is 164 g/mol. The van der Waals surface area contributed by atoms with Crippen LogP contribution in [0.3, 0.4) is 0 Å². The van der Waals surface area contributed by atoms with Gasteiger partial charge in [0.25, 0.3) is 0 Å². The van der Waals surface area contributed by atoms with Crippen LogP contribution in [0.5, 0.6) is 0 Å². The van der Waals surface area contributed by atoms with Crippen molar-refractivity contribution in [3.05, 3.63) is 30.3 Å². The molecule has 0 radical (unpaired) electrons. The highest BCUT2D eigenvalue weighted by atomic mass is 15.6. The molecule has 0 aliphatic carbocycles. The van der Waals surface area contributed by atoms with Crippen molar-refractivity contribution in [1.82, 2.24) is 5.01 Å². The highest BCUT2D eigenvalue weighted by Gasteiger charge is 2.02. The van der Waals surface area contributed by atoms with E-state index in [4.69, 9.17) is 0 Å². The van der Waals surface area contributed by atoms with E-state index in [2.05, 4.69) is 55.3 Å². The second-order valence-corrected chi connectivity index (χ2v) is 2.83. The van der Waals surface area contributed by atoms with Gasteiger partial charge < -0.3 is 5.01 Å². The zero-order chi connectivity index (χ0) is 8.97. The first-order valence-electron chi connectivity index (χ1n) is 4.25. The first kappa shape index (κ1) is 9.07. The van der Waals surface area contributed by atoms with Crippen LogP contribution in [0.15, 0.2) is 30.3 Å². The van der Waals surface area contributed by atoms with Crippen LogP contribution in [0.2, 0.25) is 0 Å². The van der Waals surface area contributed by atoms with Gasteiger partial charge in [0, 0.05) is 20.6 Å². The Bertz CT molecular complexity index is 221. The van der Waals surface area contributed by atoms with Gasteiger partial charge in [-0.05, 0) is 12.1 Å². The zero-order valence-corrected chi connectivity index (χ0v) is 7.99. The monoisotopic (exact) mass is 164 g/mol. The summed E-state index contributed by atoms with van der Waals surface area (Å²) < 4.78 is 0. The summed E-state index contributed by atoms with van der Waals surface area (Å²) in [5.41, 5.74) is 1.22. The molecular formula is C10H16N2. The summed E-state index contributed by atoms with van der Waals surface area (Å²) in [6.07, 6.45) is 0. The SMILES string of the molecule is CCN(C)N(C)c1ccccc1. The predicted molar refractivity (Wildman–Crippen MR) is 53.1 cm³/mol. The number of nitrogens with zero attached hydrogens (tertiary/aromatic N) is 2. The molecule has 0 N–H and O–H groups in total. The number of hydrogen-bond acceptors (Lipinski definition) is 2. The maximum atomic E-state index is 2.16. The van der Waals surface area contributed by atoms with Gasteiger partial charge in [0.1, 0.15) is 0 Å². The van der Waals surface area contributed by atoms with Crippen molar-refractivity contribution >= 4 is 5.69 Å². The van der Waals surface area contributed by atoms with Gasteiger partial charge in [-0.25, -0.2) is 5.01 Å². The van der Waals surface area contributed by atoms with Crippen LogP contribution >= 0.6 is 0 Å². The molecule has 1 aromatic rings. The maximum Gasteiger partial charge on any atom is 0.0518 e. The Kier molecular flexibility index (Phi) is 3.11. The lowest BCUT2D eigenvalue weighted by Crippen LogP contribution is -2.36. The van der Waals surface area contributed by atoms with Crippen LogP contribution in [0.4, 0.5) is 5.69 Å². The fourth-order valence-corrected chi connectivity index (χ4v) is 1.05. The molecule has 0 aromatic heterocycles. The zero-order valence-electron chi connectivity index (χ0n) is 7.99. The van der Waals surface area contributed by atoms with Gasteiger partial charge in [-0.15, -0.1) is 0 Å². The van der Waals surface area contributed by atoms with Crippen molar-refractivity contribution in [1.29, 1.82) is 0 Å². The number of hydrogen-bond donors (Lipinski definition) is 0. The first-order valence-corrected chi connectivity index (χ1v) is 4.25. The van der Waals surface area contributed by atoms with Gasteiger partial charge >= 0.3 is 0 Å². The molecule has 12 heavy (non-hydrogen) atoms. The van der Waals surface area contributed by atoms with E-state index >= 15 is 0 Å². The Morgan fingerprint density at radius 1 is 1.08 bits per heavy atom. The summed E-state index contributed by atoms with van der Waals surface area (Å²) in [6, 6.07) is 10.3. The summed E-state index contributed by atoms with van der Waals surface area (Å²) in [5.74, 6) is 0. The molecular weight excluding hydrogens is 148 g/mol. The lowest BCUT2D eigenvalue weighted by molar-refractivity contribution is 0.342. The van der Waals surface area contributed by atoms with Crippen LogP contribution in [-0.4, -0.2) is 25.6 Å².